The van der Waals surface area contributed by atoms with Crippen molar-refractivity contribution < 1.29 is 32.2 Å². The molecule has 2 aromatic carbocycles. The van der Waals surface area contributed by atoms with Crippen molar-refractivity contribution in [2.75, 3.05) is 38.7 Å². The molecule has 1 heterocycles. The van der Waals surface area contributed by atoms with Crippen LogP contribution >= 0.6 is 0 Å². The summed E-state index contributed by atoms with van der Waals surface area (Å²) in [6.45, 7) is 2.80. The second kappa shape index (κ2) is 10.6. The average Bonchev–Trinajstić information content (AvgIpc) is 2.80. The maximum atomic E-state index is 12.7. The van der Waals surface area contributed by atoms with E-state index in [0.717, 1.165) is 0 Å². The highest BCUT2D eigenvalue weighted by Crippen LogP contribution is 2.20. The molecule has 9 nitrogen and oxygen atoms in total. The van der Waals surface area contributed by atoms with Gasteiger partial charge >= 0.3 is 5.97 Å². The van der Waals surface area contributed by atoms with E-state index in [4.69, 9.17) is 14.2 Å². The summed E-state index contributed by atoms with van der Waals surface area (Å²) in [5.74, 6) is -0.528. The number of rotatable bonds is 8. The van der Waals surface area contributed by atoms with Crippen molar-refractivity contribution in [2.45, 2.75) is 24.3 Å². The lowest BCUT2D eigenvalue weighted by Gasteiger charge is -2.26. The summed E-state index contributed by atoms with van der Waals surface area (Å²) in [7, 11) is -2.10. The molecular weight excluding hydrogens is 436 g/mol. The number of morpholine rings is 1. The lowest BCUT2D eigenvalue weighted by atomic mass is 10.1. The molecule has 1 fully saturated rings. The smallest absolute Gasteiger partial charge is 0.311 e. The number of sulfonamides is 1. The first kappa shape index (κ1) is 23.7. The summed E-state index contributed by atoms with van der Waals surface area (Å²) in [4.78, 5) is 24.7. The van der Waals surface area contributed by atoms with Crippen LogP contribution in [0.1, 0.15) is 12.5 Å². The molecule has 3 rings (SSSR count). The molecule has 10 heteroatoms. The van der Waals surface area contributed by atoms with Gasteiger partial charge in [-0.1, -0.05) is 18.2 Å². The highest BCUT2D eigenvalue weighted by Gasteiger charge is 2.26. The first-order valence-electron chi connectivity index (χ1n) is 10.1. The van der Waals surface area contributed by atoms with E-state index in [1.54, 1.807) is 24.3 Å². The van der Waals surface area contributed by atoms with E-state index in [2.05, 4.69) is 5.32 Å². The van der Waals surface area contributed by atoms with Gasteiger partial charge in [-0.2, -0.15) is 4.31 Å². The number of carbonyl (C=O) groups is 2. The lowest BCUT2D eigenvalue weighted by Crippen LogP contribution is -2.40. The largest absolute Gasteiger partial charge is 0.496 e. The number of nitrogens with zero attached hydrogens (tertiary/aromatic N) is 1. The average molecular weight is 463 g/mol. The summed E-state index contributed by atoms with van der Waals surface area (Å²) in [6.07, 6.45) is -1.07. The summed E-state index contributed by atoms with van der Waals surface area (Å²) in [6, 6.07) is 12.9. The third-order valence-corrected chi connectivity index (χ3v) is 6.85. The zero-order valence-corrected chi connectivity index (χ0v) is 18.8. The van der Waals surface area contributed by atoms with E-state index in [-0.39, 0.29) is 11.3 Å². The van der Waals surface area contributed by atoms with Gasteiger partial charge in [0.05, 0.1) is 31.6 Å². The number of hydrogen-bond acceptors (Lipinski definition) is 7. The van der Waals surface area contributed by atoms with Gasteiger partial charge in [0.15, 0.2) is 6.10 Å². The number of hydrogen-bond donors (Lipinski definition) is 1. The fourth-order valence-electron chi connectivity index (χ4n) is 3.19. The third-order valence-electron chi connectivity index (χ3n) is 4.93. The van der Waals surface area contributed by atoms with Crippen LogP contribution in [0.15, 0.2) is 53.4 Å². The molecule has 1 aliphatic rings. The predicted molar refractivity (Wildman–Crippen MR) is 117 cm³/mol. The molecule has 0 aromatic heterocycles. The number of nitrogens with one attached hydrogen (secondary N) is 1. The normalized spacial score (nSPS) is 15.6. The van der Waals surface area contributed by atoms with Gasteiger partial charge in [0.25, 0.3) is 5.91 Å². The van der Waals surface area contributed by atoms with Crippen molar-refractivity contribution in [1.82, 2.24) is 4.31 Å². The van der Waals surface area contributed by atoms with Crippen molar-refractivity contribution in [3.05, 3.63) is 54.1 Å². The van der Waals surface area contributed by atoms with Gasteiger partial charge < -0.3 is 19.5 Å². The van der Waals surface area contributed by atoms with Crippen LogP contribution in [0.3, 0.4) is 0 Å². The molecule has 0 aliphatic carbocycles. The van der Waals surface area contributed by atoms with Crippen LogP contribution in [0, 0.1) is 0 Å². The molecule has 0 saturated carbocycles. The Hall–Kier alpha value is -2.95. The van der Waals surface area contributed by atoms with Gasteiger partial charge in [0.2, 0.25) is 10.0 Å². The topological polar surface area (TPSA) is 111 Å². The molecule has 1 atom stereocenters. The molecule has 1 amide bonds. The van der Waals surface area contributed by atoms with Gasteiger partial charge in [0, 0.05) is 24.3 Å². The number of para-hydroxylation sites is 1. The number of esters is 1. The number of carbonyl (C=O) groups excluding carboxylic acids is 2. The fourth-order valence-corrected chi connectivity index (χ4v) is 4.59. The number of amides is 1. The minimum Gasteiger partial charge on any atom is -0.496 e. The van der Waals surface area contributed by atoms with Crippen LogP contribution in [0.5, 0.6) is 5.75 Å². The van der Waals surface area contributed by atoms with E-state index in [9.17, 15) is 18.0 Å². The lowest BCUT2D eigenvalue weighted by molar-refractivity contribution is -0.152. The second-order valence-electron chi connectivity index (χ2n) is 7.15. The van der Waals surface area contributed by atoms with Crippen LogP contribution < -0.4 is 10.1 Å². The van der Waals surface area contributed by atoms with Crippen molar-refractivity contribution in [1.29, 1.82) is 0 Å². The molecule has 0 unspecified atom stereocenters. The maximum absolute atomic E-state index is 12.7. The highest BCUT2D eigenvalue weighted by atomic mass is 32.2. The summed E-state index contributed by atoms with van der Waals surface area (Å²) in [5, 5.41) is 2.62. The molecule has 0 spiro atoms. The molecule has 2 aromatic rings. The van der Waals surface area contributed by atoms with Gasteiger partial charge in [-0.3, -0.25) is 9.59 Å². The molecule has 172 valence electrons. The third kappa shape index (κ3) is 5.84. The Bertz CT molecular complexity index is 1050. The van der Waals surface area contributed by atoms with Crippen molar-refractivity contribution in [2.24, 2.45) is 0 Å². The fraction of sp³-hybridized carbons (Fsp3) is 0.364. The molecule has 0 radical (unpaired) electrons. The zero-order chi connectivity index (χ0) is 23.1. The van der Waals surface area contributed by atoms with Crippen molar-refractivity contribution in [3.8, 4) is 5.75 Å². The zero-order valence-electron chi connectivity index (χ0n) is 17.9. The van der Waals surface area contributed by atoms with E-state index < -0.39 is 28.0 Å². The summed E-state index contributed by atoms with van der Waals surface area (Å²) < 4.78 is 42.3. The highest BCUT2D eigenvalue weighted by molar-refractivity contribution is 7.89. The van der Waals surface area contributed by atoms with Gasteiger partial charge in [-0.15, -0.1) is 0 Å². The summed E-state index contributed by atoms with van der Waals surface area (Å²) in [5.41, 5.74) is 1.05. The van der Waals surface area contributed by atoms with Gasteiger partial charge in [-0.05, 0) is 37.3 Å². The predicted octanol–water partition coefficient (Wildman–Crippen LogP) is 1.83. The number of methoxy groups -OCH3 is 1. The van der Waals surface area contributed by atoms with Crippen LogP contribution in [0.2, 0.25) is 0 Å². The molecule has 0 bridgehead atoms. The number of benzene rings is 2. The first-order chi connectivity index (χ1) is 15.3. The Morgan fingerprint density at radius 1 is 1.09 bits per heavy atom. The van der Waals surface area contributed by atoms with E-state index in [1.165, 1.54) is 42.6 Å². The van der Waals surface area contributed by atoms with E-state index in [0.29, 0.717) is 43.3 Å². The van der Waals surface area contributed by atoms with Gasteiger partial charge in [-0.25, -0.2) is 8.42 Å². The minimum absolute atomic E-state index is 0.0320. The molecule has 1 N–H and O–H groups in total. The summed E-state index contributed by atoms with van der Waals surface area (Å²) >= 11 is 0. The Balaban J connectivity index is 1.56. The van der Waals surface area contributed by atoms with Crippen molar-refractivity contribution >= 4 is 27.6 Å². The standard InChI is InChI=1S/C22H26N2O7S/c1-16(31-21(25)15-17-5-3-4-6-20(17)29-2)22(26)23-18-7-9-19(10-8-18)32(27,28)24-11-13-30-14-12-24/h3-10,16H,11-15H2,1-2H3,(H,23,26)/t16-/m1/s1. The Morgan fingerprint density at radius 3 is 2.41 bits per heavy atom. The Morgan fingerprint density at radius 2 is 1.75 bits per heavy atom. The number of ether oxygens (including phenoxy) is 3. The van der Waals surface area contributed by atoms with Crippen LogP contribution in [0.4, 0.5) is 5.69 Å². The Kier molecular flexibility index (Phi) is 7.84. The monoisotopic (exact) mass is 462 g/mol. The van der Waals surface area contributed by atoms with Crippen molar-refractivity contribution in [3.63, 3.8) is 0 Å². The van der Waals surface area contributed by atoms with Gasteiger partial charge in [0.1, 0.15) is 5.75 Å². The maximum Gasteiger partial charge on any atom is 0.311 e. The van der Waals surface area contributed by atoms with Crippen LogP contribution in [0.25, 0.3) is 0 Å². The first-order valence-corrected chi connectivity index (χ1v) is 11.6. The van der Waals surface area contributed by atoms with Crippen LogP contribution in [-0.4, -0.2) is 64.1 Å². The second-order valence-corrected chi connectivity index (χ2v) is 9.09. The quantitative estimate of drug-likeness (QED) is 0.596. The minimum atomic E-state index is -3.61. The van der Waals surface area contributed by atoms with E-state index in [1.807, 2.05) is 0 Å². The van der Waals surface area contributed by atoms with Crippen LogP contribution in [-0.2, 0) is 35.5 Å². The Labute approximate surface area is 187 Å². The number of anilines is 1. The molecule has 1 saturated heterocycles. The van der Waals surface area contributed by atoms with E-state index >= 15 is 0 Å². The molecular formula is C22H26N2O7S. The molecule has 1 aliphatic heterocycles. The SMILES string of the molecule is COc1ccccc1CC(=O)O[C@H](C)C(=O)Nc1ccc(S(=O)(=O)N2CCOCC2)cc1. The molecule has 32 heavy (non-hydrogen) atoms.